The number of nitrogens with zero attached hydrogens (tertiary/aromatic N) is 3. The zero-order valence-corrected chi connectivity index (χ0v) is 26.6. The maximum Gasteiger partial charge on any atom is 0.312 e. The number of carbonyl (C=O) groups excluding carboxylic acids is 1. The van der Waals surface area contributed by atoms with E-state index < -0.39 is 5.41 Å². The Morgan fingerprint density at radius 1 is 0.822 bits per heavy atom. The summed E-state index contributed by atoms with van der Waals surface area (Å²) in [5, 5.41) is 0. The third-order valence-electron chi connectivity index (χ3n) is 8.85. The lowest BCUT2D eigenvalue weighted by atomic mass is 9.68. The largest absolute Gasteiger partial charge is 0.497 e. The second kappa shape index (κ2) is 13.0. The second-order valence-corrected chi connectivity index (χ2v) is 11.7. The summed E-state index contributed by atoms with van der Waals surface area (Å²) in [6.45, 7) is 8.13. The molecule has 6 rings (SSSR count). The zero-order valence-electron chi connectivity index (χ0n) is 26.6. The number of ether oxygens (including phenoxy) is 2. The first-order valence-electron chi connectivity index (χ1n) is 15.9. The summed E-state index contributed by atoms with van der Waals surface area (Å²) in [7, 11) is 1.71. The highest BCUT2D eigenvalue weighted by molar-refractivity contribution is 5.85. The van der Waals surface area contributed by atoms with Crippen LogP contribution in [0.5, 0.6) is 5.75 Å². The Balaban J connectivity index is 1.52. The van der Waals surface area contributed by atoms with Crippen LogP contribution >= 0.6 is 0 Å². The van der Waals surface area contributed by atoms with Crippen molar-refractivity contribution in [1.82, 2.24) is 4.98 Å². The van der Waals surface area contributed by atoms with Gasteiger partial charge in [0.25, 0.3) is 0 Å². The molecule has 0 radical (unpaired) electrons. The first-order valence-corrected chi connectivity index (χ1v) is 15.9. The smallest absolute Gasteiger partial charge is 0.312 e. The Bertz CT molecular complexity index is 1800. The fourth-order valence-electron chi connectivity index (χ4n) is 6.48. The number of fused-ring (bicyclic) bond motifs is 3. The van der Waals surface area contributed by atoms with Crippen LogP contribution in [0.1, 0.15) is 60.9 Å². The molecule has 3 heterocycles. The van der Waals surface area contributed by atoms with E-state index in [0.29, 0.717) is 19.6 Å². The molecular weight excluding hydrogens is 558 g/mol. The number of hydrogen-bond acceptors (Lipinski definition) is 4. The van der Waals surface area contributed by atoms with Crippen LogP contribution < -0.4 is 13.9 Å². The van der Waals surface area contributed by atoms with E-state index in [1.165, 1.54) is 22.3 Å². The minimum Gasteiger partial charge on any atom is -0.497 e. The Labute approximate surface area is 266 Å². The van der Waals surface area contributed by atoms with E-state index in [2.05, 4.69) is 104 Å². The minimum atomic E-state index is -0.572. The van der Waals surface area contributed by atoms with Crippen LogP contribution in [0.25, 0.3) is 22.4 Å². The molecule has 0 bridgehead atoms. The quantitative estimate of drug-likeness (QED) is 0.122. The predicted molar refractivity (Wildman–Crippen MR) is 175 cm³/mol. The molecule has 1 unspecified atom stereocenters. The number of rotatable bonds is 11. The van der Waals surface area contributed by atoms with Gasteiger partial charge in [-0.2, -0.15) is 0 Å². The minimum absolute atomic E-state index is 0.182. The molecule has 0 saturated carbocycles. The summed E-state index contributed by atoms with van der Waals surface area (Å²) in [5.41, 5.74) is 9.70. The highest BCUT2D eigenvalue weighted by Crippen LogP contribution is 2.55. The van der Waals surface area contributed by atoms with Gasteiger partial charge in [0.05, 0.1) is 24.8 Å². The monoisotopic (exact) mass is 599 g/mol. The molecule has 2 aromatic carbocycles. The molecular formula is C39H41N3O3+2. The van der Waals surface area contributed by atoms with E-state index in [9.17, 15) is 4.79 Å². The van der Waals surface area contributed by atoms with Crippen LogP contribution in [0.15, 0.2) is 104 Å². The summed E-state index contributed by atoms with van der Waals surface area (Å²) in [6.07, 6.45) is 13.1. The van der Waals surface area contributed by atoms with E-state index in [-0.39, 0.29) is 5.97 Å². The van der Waals surface area contributed by atoms with Gasteiger partial charge in [-0.05, 0) is 54.3 Å². The summed E-state index contributed by atoms with van der Waals surface area (Å²) >= 11 is 0. The SMILES string of the molecule is CCCC[n+]1ccc2c(c1)C(c1ccc(C)cc1)(c1ccc(OC)cc1)c1cc(-c3cc[n+](CCC(=O)OCC)cc3)cnc1-2. The molecule has 228 valence electrons. The van der Waals surface area contributed by atoms with Gasteiger partial charge in [-0.3, -0.25) is 9.78 Å². The number of aromatic nitrogens is 3. The molecule has 0 aliphatic heterocycles. The van der Waals surface area contributed by atoms with Crippen molar-refractivity contribution in [2.24, 2.45) is 0 Å². The fourth-order valence-corrected chi connectivity index (χ4v) is 6.48. The molecule has 6 heteroatoms. The average Bonchev–Trinajstić information content (AvgIpc) is 3.37. The molecule has 1 aliphatic carbocycles. The Hall–Kier alpha value is -4.84. The van der Waals surface area contributed by atoms with Crippen LogP contribution in [0, 0.1) is 6.92 Å². The number of carbonyl (C=O) groups is 1. The van der Waals surface area contributed by atoms with Crippen molar-refractivity contribution in [2.45, 2.75) is 58.5 Å². The molecule has 0 fully saturated rings. The van der Waals surface area contributed by atoms with Crippen molar-refractivity contribution in [1.29, 1.82) is 0 Å². The Morgan fingerprint density at radius 3 is 2.18 bits per heavy atom. The second-order valence-electron chi connectivity index (χ2n) is 11.7. The number of unbranched alkanes of at least 4 members (excludes halogenated alkanes) is 1. The molecule has 6 nitrogen and oxygen atoms in total. The summed E-state index contributed by atoms with van der Waals surface area (Å²) in [6, 6.07) is 26.2. The number of benzene rings is 2. The summed E-state index contributed by atoms with van der Waals surface area (Å²) in [5.74, 6) is 0.646. The van der Waals surface area contributed by atoms with E-state index in [1.807, 2.05) is 30.1 Å². The number of hydrogen-bond donors (Lipinski definition) is 0. The summed E-state index contributed by atoms with van der Waals surface area (Å²) < 4.78 is 15.0. The first kappa shape index (κ1) is 30.2. The van der Waals surface area contributed by atoms with Gasteiger partial charge in [0, 0.05) is 47.5 Å². The van der Waals surface area contributed by atoms with Crippen LogP contribution in [0.3, 0.4) is 0 Å². The van der Waals surface area contributed by atoms with E-state index in [4.69, 9.17) is 14.5 Å². The molecule has 1 atom stereocenters. The predicted octanol–water partition coefficient (Wildman–Crippen LogP) is 6.76. The van der Waals surface area contributed by atoms with Crippen molar-refractivity contribution in [3.8, 4) is 28.1 Å². The third-order valence-corrected chi connectivity index (χ3v) is 8.85. The van der Waals surface area contributed by atoms with Gasteiger partial charge in [0.1, 0.15) is 18.7 Å². The third kappa shape index (κ3) is 5.73. The lowest BCUT2D eigenvalue weighted by Gasteiger charge is -2.33. The fraction of sp³-hybridized carbons (Fsp3) is 0.282. The highest BCUT2D eigenvalue weighted by atomic mass is 16.5. The lowest BCUT2D eigenvalue weighted by Crippen LogP contribution is -2.37. The van der Waals surface area contributed by atoms with Crippen LogP contribution in [0.4, 0.5) is 0 Å². The lowest BCUT2D eigenvalue weighted by molar-refractivity contribution is -0.697. The molecule has 5 aromatic rings. The van der Waals surface area contributed by atoms with Crippen LogP contribution in [-0.2, 0) is 28.0 Å². The van der Waals surface area contributed by atoms with Gasteiger partial charge >= 0.3 is 5.97 Å². The zero-order chi connectivity index (χ0) is 31.4. The number of aryl methyl sites for hydroxylation is 3. The van der Waals surface area contributed by atoms with Crippen molar-refractivity contribution in [2.75, 3.05) is 13.7 Å². The van der Waals surface area contributed by atoms with E-state index in [0.717, 1.165) is 53.1 Å². The van der Waals surface area contributed by atoms with Crippen molar-refractivity contribution in [3.63, 3.8) is 0 Å². The molecule has 0 N–H and O–H groups in total. The molecule has 0 amide bonds. The number of methoxy groups -OCH3 is 1. The Morgan fingerprint density at radius 2 is 1.51 bits per heavy atom. The van der Waals surface area contributed by atoms with Gasteiger partial charge in [-0.25, -0.2) is 9.13 Å². The normalized spacial score (nSPS) is 14.9. The van der Waals surface area contributed by atoms with Crippen LogP contribution in [-0.4, -0.2) is 24.7 Å². The maximum atomic E-state index is 11.9. The number of esters is 1. The van der Waals surface area contributed by atoms with Crippen molar-refractivity contribution < 1.29 is 23.4 Å². The standard InChI is InChI=1S/C39H41N3O3/c1-5-7-20-42-23-18-34-36(27-42)39(31-10-8-28(3)9-11-31,32-12-14-33(44-4)15-13-32)35-25-30(26-40-38(34)35)29-16-21-41(22-17-29)24-19-37(43)45-6-2/h8-18,21-23,25-27H,5-7,19-20,24H2,1-4H3/q+2. The molecule has 45 heavy (non-hydrogen) atoms. The molecule has 0 spiro atoms. The molecule has 0 saturated heterocycles. The van der Waals surface area contributed by atoms with Crippen molar-refractivity contribution in [3.05, 3.63) is 132 Å². The molecule has 1 aliphatic rings. The van der Waals surface area contributed by atoms with Gasteiger partial charge in [-0.1, -0.05) is 55.3 Å². The van der Waals surface area contributed by atoms with Gasteiger partial charge in [0.2, 0.25) is 0 Å². The van der Waals surface area contributed by atoms with Gasteiger partial charge < -0.3 is 9.47 Å². The Kier molecular flexibility index (Phi) is 8.74. The van der Waals surface area contributed by atoms with Crippen LogP contribution in [0.2, 0.25) is 0 Å². The topological polar surface area (TPSA) is 56.2 Å². The van der Waals surface area contributed by atoms with E-state index >= 15 is 0 Å². The average molecular weight is 600 g/mol. The first-order chi connectivity index (χ1) is 22.0. The number of pyridine rings is 3. The van der Waals surface area contributed by atoms with Gasteiger partial charge in [0.15, 0.2) is 31.3 Å². The maximum absolute atomic E-state index is 11.9. The summed E-state index contributed by atoms with van der Waals surface area (Å²) in [4.78, 5) is 17.0. The molecule has 3 aromatic heterocycles. The van der Waals surface area contributed by atoms with Gasteiger partial charge in [-0.15, -0.1) is 0 Å². The van der Waals surface area contributed by atoms with E-state index in [1.54, 1.807) is 7.11 Å². The van der Waals surface area contributed by atoms with Crippen molar-refractivity contribution >= 4 is 5.97 Å². The highest BCUT2D eigenvalue weighted by Gasteiger charge is 2.49.